The molecule has 3 heterocycles. The summed E-state index contributed by atoms with van der Waals surface area (Å²) < 4.78 is 11.0. The van der Waals surface area contributed by atoms with Crippen LogP contribution in [0.4, 0.5) is 0 Å². The molecule has 5 nitrogen and oxygen atoms in total. The second kappa shape index (κ2) is 6.73. The Morgan fingerprint density at radius 3 is 3.00 bits per heavy atom. The van der Waals surface area contributed by atoms with Crippen molar-refractivity contribution in [2.75, 3.05) is 40.0 Å². The zero-order valence-electron chi connectivity index (χ0n) is 14.6. The van der Waals surface area contributed by atoms with Gasteiger partial charge in [0.1, 0.15) is 0 Å². The Balaban J connectivity index is 1.58. The normalized spacial score (nSPS) is 22.6. The lowest BCUT2D eigenvalue weighted by molar-refractivity contribution is -0.0169. The second-order valence-corrected chi connectivity index (χ2v) is 7.22. The zero-order valence-corrected chi connectivity index (χ0v) is 14.6. The third kappa shape index (κ3) is 3.02. The largest absolute Gasteiger partial charge is 0.384 e. The first-order chi connectivity index (χ1) is 12.2. The van der Waals surface area contributed by atoms with Gasteiger partial charge in [-0.2, -0.15) is 0 Å². The van der Waals surface area contributed by atoms with Gasteiger partial charge in [0.15, 0.2) is 0 Å². The second-order valence-electron chi connectivity index (χ2n) is 7.22. The van der Waals surface area contributed by atoms with E-state index in [0.29, 0.717) is 12.5 Å². The number of hydrogen-bond acceptors (Lipinski definition) is 4. The van der Waals surface area contributed by atoms with Gasteiger partial charge in [-0.3, -0.25) is 9.78 Å². The summed E-state index contributed by atoms with van der Waals surface area (Å²) in [5, 5.41) is 1.00. The van der Waals surface area contributed by atoms with Gasteiger partial charge in [-0.05, 0) is 42.5 Å². The van der Waals surface area contributed by atoms with E-state index in [1.807, 2.05) is 35.2 Å². The first-order valence-electron chi connectivity index (χ1n) is 8.93. The van der Waals surface area contributed by atoms with Crippen molar-refractivity contribution < 1.29 is 14.3 Å². The summed E-state index contributed by atoms with van der Waals surface area (Å²) in [5.74, 6) is 0.489. The predicted molar refractivity (Wildman–Crippen MR) is 95.5 cm³/mol. The molecule has 2 saturated heterocycles. The van der Waals surface area contributed by atoms with Crippen LogP contribution in [0.1, 0.15) is 23.2 Å². The van der Waals surface area contributed by atoms with Crippen LogP contribution in [-0.4, -0.2) is 55.8 Å². The molecule has 1 aromatic carbocycles. The number of rotatable bonds is 3. The maximum absolute atomic E-state index is 13.1. The van der Waals surface area contributed by atoms with Gasteiger partial charge >= 0.3 is 0 Å². The quantitative estimate of drug-likeness (QED) is 0.862. The zero-order chi connectivity index (χ0) is 17.3. The predicted octanol–water partition coefficient (Wildman–Crippen LogP) is 2.75. The molecule has 1 amide bonds. The monoisotopic (exact) mass is 340 g/mol. The highest BCUT2D eigenvalue weighted by Gasteiger charge is 2.48. The molecule has 2 aliphatic rings. The molecule has 1 aromatic heterocycles. The van der Waals surface area contributed by atoms with Crippen LogP contribution in [0.2, 0.25) is 0 Å². The number of carbonyl (C=O) groups excluding carboxylic acids is 1. The van der Waals surface area contributed by atoms with Gasteiger partial charge in [0.05, 0.1) is 12.1 Å². The molecule has 1 atom stereocenters. The maximum Gasteiger partial charge on any atom is 0.253 e. The molecular formula is C20H24N2O3. The summed E-state index contributed by atoms with van der Waals surface area (Å²) in [7, 11) is 1.74. The lowest BCUT2D eigenvalue weighted by Crippen LogP contribution is -2.39. The van der Waals surface area contributed by atoms with Gasteiger partial charge < -0.3 is 14.4 Å². The minimum atomic E-state index is 0.107. The molecule has 0 radical (unpaired) electrons. The van der Waals surface area contributed by atoms with Crippen LogP contribution in [0.3, 0.4) is 0 Å². The molecule has 0 saturated carbocycles. The Bertz CT molecular complexity index is 770. The average Bonchev–Trinajstić information content (AvgIpc) is 2.99. The number of nitrogens with zero attached hydrogens (tertiary/aromatic N) is 2. The SMILES string of the molecule is COC[C@H]1CN(C(=O)c2ccc3ncccc3c2)CC12CCOCC2. The minimum Gasteiger partial charge on any atom is -0.384 e. The number of aromatic nitrogens is 1. The molecule has 0 N–H and O–H groups in total. The molecular weight excluding hydrogens is 316 g/mol. The number of fused-ring (bicyclic) bond motifs is 1. The van der Waals surface area contributed by atoms with Gasteiger partial charge in [0.25, 0.3) is 5.91 Å². The molecule has 2 aliphatic heterocycles. The van der Waals surface area contributed by atoms with Gasteiger partial charge in [-0.25, -0.2) is 0 Å². The van der Waals surface area contributed by atoms with E-state index in [1.54, 1.807) is 13.3 Å². The number of likely N-dealkylation sites (tertiary alicyclic amines) is 1. The molecule has 0 aliphatic carbocycles. The Labute approximate surface area is 147 Å². The number of pyridine rings is 1. The van der Waals surface area contributed by atoms with E-state index in [1.165, 1.54) is 0 Å². The van der Waals surface area contributed by atoms with Crippen LogP contribution in [-0.2, 0) is 9.47 Å². The van der Waals surface area contributed by atoms with Gasteiger partial charge in [0.2, 0.25) is 0 Å². The van der Waals surface area contributed by atoms with Crippen molar-refractivity contribution in [2.24, 2.45) is 11.3 Å². The maximum atomic E-state index is 13.1. The standard InChI is InChI=1S/C20H24N2O3/c1-24-13-17-12-22(14-20(17)6-9-25-10-7-20)19(23)16-4-5-18-15(11-16)3-2-8-21-18/h2-5,8,11,17H,6-7,9-10,12-14H2,1H3/t17-/m1/s1. The van der Waals surface area contributed by atoms with Crippen LogP contribution in [0, 0.1) is 11.3 Å². The third-order valence-corrected chi connectivity index (χ3v) is 5.81. The van der Waals surface area contributed by atoms with Crippen molar-refractivity contribution in [1.82, 2.24) is 9.88 Å². The highest BCUT2D eigenvalue weighted by molar-refractivity contribution is 5.98. The van der Waals surface area contributed by atoms with E-state index in [9.17, 15) is 4.79 Å². The fraction of sp³-hybridized carbons (Fsp3) is 0.500. The van der Waals surface area contributed by atoms with E-state index < -0.39 is 0 Å². The van der Waals surface area contributed by atoms with E-state index in [2.05, 4.69) is 4.98 Å². The first kappa shape index (κ1) is 16.5. The first-order valence-corrected chi connectivity index (χ1v) is 8.93. The molecule has 0 bridgehead atoms. The summed E-state index contributed by atoms with van der Waals surface area (Å²) in [6, 6.07) is 9.66. The van der Waals surface area contributed by atoms with Crippen molar-refractivity contribution in [1.29, 1.82) is 0 Å². The number of methoxy groups -OCH3 is 1. The summed E-state index contributed by atoms with van der Waals surface area (Å²) in [6.45, 7) is 3.82. The molecule has 0 unspecified atom stereocenters. The molecule has 2 aromatic rings. The topological polar surface area (TPSA) is 51.7 Å². The molecule has 4 rings (SSSR count). The van der Waals surface area contributed by atoms with E-state index in [0.717, 1.165) is 55.6 Å². The van der Waals surface area contributed by atoms with Gasteiger partial charge in [-0.1, -0.05) is 6.07 Å². The van der Waals surface area contributed by atoms with Crippen LogP contribution in [0.25, 0.3) is 10.9 Å². The fourth-order valence-electron chi connectivity index (χ4n) is 4.35. The summed E-state index contributed by atoms with van der Waals surface area (Å²) in [5.41, 5.74) is 1.79. The lowest BCUT2D eigenvalue weighted by Gasteiger charge is -2.37. The Morgan fingerprint density at radius 1 is 1.36 bits per heavy atom. The lowest BCUT2D eigenvalue weighted by atomic mass is 9.72. The van der Waals surface area contributed by atoms with Crippen molar-refractivity contribution in [3.8, 4) is 0 Å². The van der Waals surface area contributed by atoms with Gasteiger partial charge in [-0.15, -0.1) is 0 Å². The van der Waals surface area contributed by atoms with Crippen molar-refractivity contribution >= 4 is 16.8 Å². The highest BCUT2D eigenvalue weighted by atomic mass is 16.5. The van der Waals surface area contributed by atoms with E-state index in [-0.39, 0.29) is 11.3 Å². The summed E-state index contributed by atoms with van der Waals surface area (Å²) in [6.07, 6.45) is 3.79. The number of carbonyl (C=O) groups is 1. The summed E-state index contributed by atoms with van der Waals surface area (Å²) in [4.78, 5) is 19.4. The molecule has 1 spiro atoms. The summed E-state index contributed by atoms with van der Waals surface area (Å²) >= 11 is 0. The molecule has 5 heteroatoms. The Kier molecular flexibility index (Phi) is 4.44. The number of hydrogen-bond donors (Lipinski definition) is 0. The van der Waals surface area contributed by atoms with Gasteiger partial charge in [0, 0.05) is 56.5 Å². The Hall–Kier alpha value is -1.98. The highest BCUT2D eigenvalue weighted by Crippen LogP contribution is 2.44. The molecule has 132 valence electrons. The van der Waals surface area contributed by atoms with Crippen molar-refractivity contribution in [3.05, 3.63) is 42.1 Å². The van der Waals surface area contributed by atoms with E-state index in [4.69, 9.17) is 9.47 Å². The number of ether oxygens (including phenoxy) is 2. The fourth-order valence-corrected chi connectivity index (χ4v) is 4.35. The van der Waals surface area contributed by atoms with Crippen LogP contribution >= 0.6 is 0 Å². The molecule has 2 fully saturated rings. The minimum absolute atomic E-state index is 0.107. The van der Waals surface area contributed by atoms with Crippen LogP contribution in [0.15, 0.2) is 36.5 Å². The van der Waals surface area contributed by atoms with E-state index >= 15 is 0 Å². The third-order valence-electron chi connectivity index (χ3n) is 5.81. The Morgan fingerprint density at radius 2 is 2.20 bits per heavy atom. The molecule has 25 heavy (non-hydrogen) atoms. The van der Waals surface area contributed by atoms with Crippen LogP contribution in [0.5, 0.6) is 0 Å². The smallest absolute Gasteiger partial charge is 0.253 e. The van der Waals surface area contributed by atoms with Crippen LogP contribution < -0.4 is 0 Å². The van der Waals surface area contributed by atoms with Crippen molar-refractivity contribution in [3.63, 3.8) is 0 Å². The number of amides is 1. The van der Waals surface area contributed by atoms with Crippen molar-refractivity contribution in [2.45, 2.75) is 12.8 Å². The average molecular weight is 340 g/mol. The number of benzene rings is 1.